The van der Waals surface area contributed by atoms with Crippen LogP contribution in [-0.2, 0) is 22.4 Å². The van der Waals surface area contributed by atoms with Crippen LogP contribution < -0.4 is 74.1 Å². The van der Waals surface area contributed by atoms with Gasteiger partial charge >= 0.3 is 59.1 Å². The van der Waals surface area contributed by atoms with E-state index in [9.17, 15) is 19.8 Å². The van der Waals surface area contributed by atoms with E-state index in [1.54, 1.807) is 36.4 Å². The summed E-state index contributed by atoms with van der Waals surface area (Å²) in [5, 5.41) is 20.8. The number of carbonyl (C=O) groups excluding carboxylic acids is 2. The average Bonchev–Trinajstić information content (AvgIpc) is 2.88. The minimum atomic E-state index is -1.13. The Morgan fingerprint density at radius 3 is 1.96 bits per heavy atom. The van der Waals surface area contributed by atoms with Crippen LogP contribution in [0.1, 0.15) is 11.1 Å². The molecule has 2 aromatic rings. The van der Waals surface area contributed by atoms with Gasteiger partial charge in [-0.2, -0.15) is 0 Å². The molecule has 9 heteroatoms. The number of hydrogen-bond donors (Lipinski definition) is 0. The number of carboxylic acids is 1. The van der Waals surface area contributed by atoms with E-state index in [0.717, 1.165) is 17.3 Å². The maximum Gasteiger partial charge on any atom is 1.00 e. The predicted octanol–water partition coefficient (Wildman–Crippen LogP) is -5.32. The van der Waals surface area contributed by atoms with Gasteiger partial charge in [0.1, 0.15) is 11.5 Å². The van der Waals surface area contributed by atoms with Crippen LogP contribution in [0.3, 0.4) is 0 Å². The molecule has 27 heavy (non-hydrogen) atoms. The van der Waals surface area contributed by atoms with Crippen LogP contribution in [0.5, 0.6) is 11.5 Å². The van der Waals surface area contributed by atoms with Crippen molar-refractivity contribution in [3.63, 3.8) is 0 Å². The largest absolute Gasteiger partial charge is 1.00 e. The molecule has 128 valence electrons. The summed E-state index contributed by atoms with van der Waals surface area (Å²) in [6, 6.07) is 13.9. The number of carboxylic acid groups (broad SMARTS) is 1. The predicted molar refractivity (Wildman–Crippen MR) is 89.2 cm³/mol. The van der Waals surface area contributed by atoms with Crippen LogP contribution in [0.4, 0.5) is 0 Å². The van der Waals surface area contributed by atoms with Gasteiger partial charge in [-0.3, -0.25) is 4.79 Å². The molecule has 6 nitrogen and oxygen atoms in total. The molecule has 0 saturated heterocycles. The molecule has 1 atom stereocenters. The van der Waals surface area contributed by atoms with Crippen molar-refractivity contribution in [2.75, 3.05) is 0 Å². The summed E-state index contributed by atoms with van der Waals surface area (Å²) in [4.78, 5) is 25.5. The van der Waals surface area contributed by atoms with Crippen molar-refractivity contribution in [1.82, 2.24) is 0 Å². The van der Waals surface area contributed by atoms with Gasteiger partial charge in [0.05, 0.1) is 5.25 Å². The summed E-state index contributed by atoms with van der Waals surface area (Å²) in [6.07, 6.45) is 0.304. The minimum absolute atomic E-state index is 0. The number of carbonyl (C=O) groups is 2. The summed E-state index contributed by atoms with van der Waals surface area (Å²) in [5.74, 6) is -0.312. The monoisotopic (exact) mass is 401 g/mol. The first-order valence-corrected chi connectivity index (χ1v) is 8.39. The minimum Gasteiger partial charge on any atom is -0.854 e. The zero-order chi connectivity index (χ0) is 17.8. The van der Waals surface area contributed by atoms with E-state index in [2.05, 4.69) is 4.99 Å². The second-order valence-electron chi connectivity index (χ2n) is 5.47. The van der Waals surface area contributed by atoms with Crippen LogP contribution in [0.15, 0.2) is 53.5 Å². The Balaban J connectivity index is 0.00000182. The van der Waals surface area contributed by atoms with E-state index in [1.807, 2.05) is 12.1 Å². The van der Waals surface area contributed by atoms with Crippen LogP contribution in [-0.4, -0.2) is 22.4 Å². The average molecular weight is 401 g/mol. The van der Waals surface area contributed by atoms with Gasteiger partial charge in [0.25, 0.3) is 5.91 Å². The number of benzene rings is 2. The van der Waals surface area contributed by atoms with Crippen LogP contribution in [0, 0.1) is 0 Å². The Bertz CT molecular complexity index is 825. The zero-order valence-electron chi connectivity index (χ0n) is 15.0. The molecule has 0 bridgehead atoms. The number of hydrogen-bond acceptors (Lipinski definition) is 6. The third-order valence-electron chi connectivity index (χ3n) is 3.57. The van der Waals surface area contributed by atoms with Gasteiger partial charge in [0, 0.05) is 17.6 Å². The van der Waals surface area contributed by atoms with Gasteiger partial charge < -0.3 is 19.7 Å². The van der Waals surface area contributed by atoms with E-state index in [1.165, 1.54) is 0 Å². The zero-order valence-corrected chi connectivity index (χ0v) is 19.8. The van der Waals surface area contributed by atoms with Crippen molar-refractivity contribution in [1.29, 1.82) is 0 Å². The standard InChI is InChI=1S/C18H15NO5S.2Na/c20-16(21)10-12-3-7-14(8-4-12)24-13-5-1-11(2-6-13)9-15-17(22)19-18(23)25-15;;/h1-8,15H,9-10H2,(H,20,21)(H,19,22,23);;/q;2*+1/p-2. The van der Waals surface area contributed by atoms with Gasteiger partial charge in [-0.25, -0.2) is 4.99 Å². The number of aliphatic imine (C=N–C) groups is 1. The number of aliphatic carboxylic acids is 1. The summed E-state index contributed by atoms with van der Waals surface area (Å²) >= 11 is 0.948. The second-order valence-corrected chi connectivity index (χ2v) is 6.62. The fourth-order valence-corrected chi connectivity index (χ4v) is 3.19. The van der Waals surface area contributed by atoms with E-state index < -0.39 is 16.4 Å². The van der Waals surface area contributed by atoms with Crippen molar-refractivity contribution in [3.8, 4) is 11.5 Å². The van der Waals surface area contributed by atoms with Crippen molar-refractivity contribution >= 4 is 28.9 Å². The van der Waals surface area contributed by atoms with E-state index in [0.29, 0.717) is 23.5 Å². The van der Waals surface area contributed by atoms with Crippen molar-refractivity contribution in [3.05, 3.63) is 59.7 Å². The Labute approximate surface area is 205 Å². The maximum atomic E-state index is 11.5. The number of amides is 1. The number of nitrogens with zero attached hydrogens (tertiary/aromatic N) is 1. The third kappa shape index (κ3) is 7.27. The molecule has 0 aromatic heterocycles. The molecule has 0 spiro atoms. The molecule has 0 radical (unpaired) electrons. The summed E-state index contributed by atoms with van der Waals surface area (Å²) in [6.45, 7) is 0. The normalized spacial score (nSPS) is 15.3. The SMILES string of the molecule is O=C([O-])Cc1ccc(Oc2ccc(CC3SC([O-])=NC3=O)cc2)cc1.[Na+].[Na+]. The molecule has 0 N–H and O–H groups in total. The molecule has 1 unspecified atom stereocenters. The Kier molecular flexibility index (Phi) is 10.1. The molecule has 0 aliphatic carbocycles. The van der Waals surface area contributed by atoms with Crippen molar-refractivity contribution in [2.24, 2.45) is 4.99 Å². The number of ether oxygens (including phenoxy) is 1. The van der Waals surface area contributed by atoms with E-state index >= 15 is 0 Å². The van der Waals surface area contributed by atoms with Gasteiger partial charge in [0.15, 0.2) is 0 Å². The molecular weight excluding hydrogens is 388 g/mol. The fourth-order valence-electron chi connectivity index (χ4n) is 2.38. The Morgan fingerprint density at radius 1 is 1.00 bits per heavy atom. The maximum absolute atomic E-state index is 11.5. The second kappa shape index (κ2) is 11.3. The molecule has 0 fully saturated rings. The topological polar surface area (TPSA) is 102 Å². The smallest absolute Gasteiger partial charge is 0.854 e. The molecule has 2 aromatic carbocycles. The first kappa shape index (κ1) is 24.2. The van der Waals surface area contributed by atoms with E-state index in [-0.39, 0.29) is 71.4 Å². The van der Waals surface area contributed by atoms with Crippen LogP contribution in [0.25, 0.3) is 0 Å². The Hall–Kier alpha value is -0.800. The molecular formula is C18H13NNa2O5S. The summed E-state index contributed by atoms with van der Waals surface area (Å²) in [7, 11) is 0. The van der Waals surface area contributed by atoms with Crippen LogP contribution in [0.2, 0.25) is 0 Å². The molecule has 3 rings (SSSR count). The van der Waals surface area contributed by atoms with Crippen molar-refractivity contribution < 1.29 is 83.7 Å². The summed E-state index contributed by atoms with van der Waals surface area (Å²) in [5.41, 5.74) is 1.55. The molecule has 1 heterocycles. The summed E-state index contributed by atoms with van der Waals surface area (Å²) < 4.78 is 5.69. The van der Waals surface area contributed by atoms with Gasteiger partial charge in [-0.05, 0) is 41.8 Å². The van der Waals surface area contributed by atoms with E-state index in [4.69, 9.17) is 4.74 Å². The van der Waals surface area contributed by atoms with Crippen LogP contribution >= 0.6 is 11.8 Å². The quantitative estimate of drug-likeness (QED) is 0.448. The first-order chi connectivity index (χ1) is 12.0. The first-order valence-electron chi connectivity index (χ1n) is 7.51. The van der Waals surface area contributed by atoms with Crippen molar-refractivity contribution in [2.45, 2.75) is 18.1 Å². The third-order valence-corrected chi connectivity index (χ3v) is 4.52. The fraction of sp³-hybridized carbons (Fsp3) is 0.167. The van der Waals surface area contributed by atoms with Gasteiger partial charge in [-0.1, -0.05) is 24.3 Å². The van der Waals surface area contributed by atoms with Gasteiger partial charge in [-0.15, -0.1) is 11.8 Å². The van der Waals surface area contributed by atoms with Gasteiger partial charge in [0.2, 0.25) is 0 Å². The molecule has 1 amide bonds. The Morgan fingerprint density at radius 2 is 1.52 bits per heavy atom. The number of thioether (sulfide) groups is 1. The molecule has 0 saturated carbocycles. The number of rotatable bonds is 6. The molecule has 1 aliphatic heterocycles. The molecule has 1 aliphatic rings.